The van der Waals surface area contributed by atoms with Crippen LogP contribution in [-0.2, 0) is 4.43 Å². The summed E-state index contributed by atoms with van der Waals surface area (Å²) in [5.74, 6) is -0.232. The maximum absolute atomic E-state index is 15.2. The highest BCUT2D eigenvalue weighted by Crippen LogP contribution is 2.42. The number of halogens is 2. The van der Waals surface area contributed by atoms with Crippen LogP contribution in [0.1, 0.15) is 32.4 Å². The van der Waals surface area contributed by atoms with E-state index in [-0.39, 0.29) is 17.3 Å². The monoisotopic (exact) mass is 466 g/mol. The zero-order valence-corrected chi connectivity index (χ0v) is 21.0. The molecule has 0 spiro atoms. The molecule has 3 nitrogen and oxygen atoms in total. The van der Waals surface area contributed by atoms with Gasteiger partial charge in [0.05, 0.1) is 11.8 Å². The van der Waals surface area contributed by atoms with Crippen LogP contribution < -0.4 is 0 Å². The third-order valence-electron chi connectivity index (χ3n) is 5.41. The van der Waals surface area contributed by atoms with Gasteiger partial charge in [-0.15, -0.1) is 0 Å². The van der Waals surface area contributed by atoms with Crippen LogP contribution in [0.4, 0.5) is 4.39 Å². The van der Waals surface area contributed by atoms with Crippen molar-refractivity contribution in [2.45, 2.75) is 40.0 Å². The van der Waals surface area contributed by atoms with Crippen LogP contribution in [0.3, 0.4) is 0 Å². The Morgan fingerprint density at radius 1 is 0.969 bits per heavy atom. The van der Waals surface area contributed by atoms with E-state index in [1.54, 1.807) is 6.07 Å². The first-order valence-corrected chi connectivity index (χ1v) is 14.0. The zero-order chi connectivity index (χ0) is 23.0. The molecule has 0 aliphatic carbocycles. The summed E-state index contributed by atoms with van der Waals surface area (Å²) < 4.78 is 23.6. The van der Waals surface area contributed by atoms with E-state index < -0.39 is 9.04 Å². The second-order valence-electron chi connectivity index (χ2n) is 9.45. The van der Waals surface area contributed by atoms with Crippen LogP contribution in [0, 0.1) is 11.2 Å². The Morgan fingerprint density at radius 2 is 1.66 bits per heavy atom. The number of nitrogens with zero attached hydrogens (tertiary/aromatic N) is 2. The normalized spacial score (nSPS) is 13.1. The molecule has 6 heteroatoms. The predicted molar refractivity (Wildman–Crippen MR) is 133 cm³/mol. The molecule has 2 aromatic carbocycles. The summed E-state index contributed by atoms with van der Waals surface area (Å²) >= 11 is 6.02. The van der Waals surface area contributed by atoms with Gasteiger partial charge >= 0.3 is 0 Å². The summed E-state index contributed by atoms with van der Waals surface area (Å²) in [4.78, 5) is 4.73. The van der Waals surface area contributed by atoms with Gasteiger partial charge in [0.15, 0.2) is 9.04 Å². The molecule has 2 aromatic heterocycles. The molecule has 0 saturated heterocycles. The summed E-state index contributed by atoms with van der Waals surface area (Å²) in [6, 6.07) is 16.8. The molecule has 0 radical (unpaired) electrons. The standard InChI is InChI=1S/C26H28ClFN2OSi/c1-26(2,3)25(31-32(4)5)24-20(7-6-8-21(24)28)18-11-14-23-29-22(16-30(23)15-18)17-9-12-19(27)13-10-17/h6-16,25,32H,1-5H3. The van der Waals surface area contributed by atoms with E-state index in [0.717, 1.165) is 28.0 Å². The minimum absolute atomic E-state index is 0.232. The van der Waals surface area contributed by atoms with Crippen LogP contribution in [0.5, 0.6) is 0 Å². The van der Waals surface area contributed by atoms with Gasteiger partial charge < -0.3 is 8.83 Å². The summed E-state index contributed by atoms with van der Waals surface area (Å²) in [5, 5.41) is 0.693. The lowest BCUT2D eigenvalue weighted by Crippen LogP contribution is -2.27. The fourth-order valence-corrected chi connectivity index (χ4v) is 5.16. The van der Waals surface area contributed by atoms with Crippen molar-refractivity contribution < 1.29 is 8.82 Å². The Balaban J connectivity index is 1.82. The van der Waals surface area contributed by atoms with Crippen LogP contribution in [0.2, 0.25) is 18.1 Å². The molecule has 0 aliphatic rings. The molecule has 2 heterocycles. The first kappa shape index (κ1) is 22.7. The van der Waals surface area contributed by atoms with E-state index in [2.05, 4.69) is 33.9 Å². The highest BCUT2D eigenvalue weighted by atomic mass is 35.5. The van der Waals surface area contributed by atoms with Gasteiger partial charge in [-0.25, -0.2) is 9.37 Å². The number of pyridine rings is 1. The van der Waals surface area contributed by atoms with Crippen LogP contribution in [0.25, 0.3) is 28.0 Å². The molecule has 32 heavy (non-hydrogen) atoms. The van der Waals surface area contributed by atoms with Gasteiger partial charge in [0.2, 0.25) is 0 Å². The summed E-state index contributed by atoms with van der Waals surface area (Å²) in [6.45, 7) is 10.5. The van der Waals surface area contributed by atoms with Gasteiger partial charge in [-0.05, 0) is 60.0 Å². The van der Waals surface area contributed by atoms with Crippen molar-refractivity contribution in [3.8, 4) is 22.4 Å². The third kappa shape index (κ3) is 4.65. The first-order valence-electron chi connectivity index (χ1n) is 10.8. The molecule has 0 aliphatic heterocycles. The number of hydrogen-bond acceptors (Lipinski definition) is 2. The molecular formula is C26H28ClFN2OSi. The lowest BCUT2D eigenvalue weighted by Gasteiger charge is -2.34. The van der Waals surface area contributed by atoms with Gasteiger partial charge in [0.25, 0.3) is 0 Å². The number of imidazole rings is 1. The topological polar surface area (TPSA) is 26.5 Å². The molecule has 1 unspecified atom stereocenters. The predicted octanol–water partition coefficient (Wildman–Crippen LogP) is 7.55. The summed E-state index contributed by atoms with van der Waals surface area (Å²) in [5.41, 5.74) is 4.84. The molecule has 0 N–H and O–H groups in total. The van der Waals surface area contributed by atoms with E-state index >= 15 is 4.39 Å². The van der Waals surface area contributed by atoms with E-state index in [1.165, 1.54) is 6.07 Å². The second-order valence-corrected chi connectivity index (χ2v) is 12.3. The Bertz CT molecular complexity index is 1250. The molecule has 4 aromatic rings. The molecule has 0 saturated carbocycles. The van der Waals surface area contributed by atoms with Crippen molar-refractivity contribution in [2.24, 2.45) is 5.41 Å². The smallest absolute Gasteiger partial charge is 0.171 e. The van der Waals surface area contributed by atoms with Crippen molar-refractivity contribution in [2.75, 3.05) is 0 Å². The van der Waals surface area contributed by atoms with Crippen molar-refractivity contribution in [3.05, 3.63) is 83.4 Å². The molecule has 0 bridgehead atoms. The molecule has 1 atom stereocenters. The van der Waals surface area contributed by atoms with Gasteiger partial charge in [0, 0.05) is 28.5 Å². The fraction of sp³-hybridized carbons (Fsp3) is 0.269. The Labute approximate surface area is 195 Å². The van der Waals surface area contributed by atoms with Crippen molar-refractivity contribution in [1.82, 2.24) is 9.38 Å². The van der Waals surface area contributed by atoms with Crippen molar-refractivity contribution in [1.29, 1.82) is 0 Å². The number of aromatic nitrogens is 2. The zero-order valence-electron chi connectivity index (χ0n) is 19.1. The van der Waals surface area contributed by atoms with Gasteiger partial charge in [-0.3, -0.25) is 0 Å². The highest BCUT2D eigenvalue weighted by molar-refractivity contribution is 6.48. The Kier molecular flexibility index (Phi) is 6.25. The number of hydrogen-bond donors (Lipinski definition) is 0. The molecular weight excluding hydrogens is 439 g/mol. The van der Waals surface area contributed by atoms with Crippen molar-refractivity contribution in [3.63, 3.8) is 0 Å². The fourth-order valence-electron chi connectivity index (χ4n) is 3.94. The number of fused-ring (bicyclic) bond motifs is 1. The third-order valence-corrected chi connectivity index (χ3v) is 6.48. The average molecular weight is 467 g/mol. The van der Waals surface area contributed by atoms with Crippen molar-refractivity contribution >= 4 is 26.3 Å². The Hall–Kier alpha value is -2.47. The summed E-state index contributed by atoms with van der Waals surface area (Å²) in [7, 11) is -1.40. The first-order chi connectivity index (χ1) is 15.1. The maximum Gasteiger partial charge on any atom is 0.171 e. The van der Waals surface area contributed by atoms with E-state index in [9.17, 15) is 0 Å². The second kappa shape index (κ2) is 8.81. The number of benzene rings is 2. The van der Waals surface area contributed by atoms with Gasteiger partial charge in [-0.1, -0.05) is 56.6 Å². The van der Waals surface area contributed by atoms with Crippen LogP contribution in [-0.4, -0.2) is 18.4 Å². The van der Waals surface area contributed by atoms with Crippen LogP contribution in [0.15, 0.2) is 67.0 Å². The van der Waals surface area contributed by atoms with Gasteiger partial charge in [0.1, 0.15) is 11.5 Å². The average Bonchev–Trinajstić information content (AvgIpc) is 3.15. The largest absolute Gasteiger partial charge is 0.413 e. The molecule has 4 rings (SSSR count). The van der Waals surface area contributed by atoms with E-state index in [1.807, 2.05) is 59.3 Å². The minimum atomic E-state index is -1.40. The highest BCUT2D eigenvalue weighted by Gasteiger charge is 2.32. The van der Waals surface area contributed by atoms with Gasteiger partial charge in [-0.2, -0.15) is 0 Å². The molecule has 166 valence electrons. The SMILES string of the molecule is C[SiH](C)OC(c1c(F)cccc1-c1ccc2nc(-c3ccc(Cl)cc3)cn2c1)C(C)(C)C. The lowest BCUT2D eigenvalue weighted by molar-refractivity contribution is 0.0837. The van der Waals surface area contributed by atoms with E-state index in [4.69, 9.17) is 21.0 Å². The maximum atomic E-state index is 15.2. The molecule has 0 fully saturated rings. The quantitative estimate of drug-likeness (QED) is 0.284. The Morgan fingerprint density at radius 3 is 2.31 bits per heavy atom. The lowest BCUT2D eigenvalue weighted by atomic mass is 9.81. The minimum Gasteiger partial charge on any atom is -0.413 e. The van der Waals surface area contributed by atoms with Crippen LogP contribution >= 0.6 is 11.6 Å². The summed E-state index contributed by atoms with van der Waals surface area (Å²) in [6.07, 6.45) is 3.67. The number of rotatable bonds is 5. The van der Waals surface area contributed by atoms with E-state index in [0.29, 0.717) is 10.6 Å². The molecule has 0 amide bonds.